The number of halogens is 6. The predicted octanol–water partition coefficient (Wildman–Crippen LogP) is 2.39. The van der Waals surface area contributed by atoms with Crippen molar-refractivity contribution in [2.24, 2.45) is 11.8 Å². The van der Waals surface area contributed by atoms with E-state index in [0.29, 0.717) is 12.1 Å². The Balaban J connectivity index is 5.17. The second-order valence-corrected chi connectivity index (χ2v) is 2.30. The van der Waals surface area contributed by atoms with E-state index in [0.717, 1.165) is 0 Å². The molecule has 0 bridgehead atoms. The van der Waals surface area contributed by atoms with Crippen LogP contribution in [0.3, 0.4) is 0 Å². The van der Waals surface area contributed by atoms with Gasteiger partial charge in [0.05, 0.1) is 12.1 Å². The van der Waals surface area contributed by atoms with E-state index >= 15 is 0 Å². The third-order valence-corrected chi connectivity index (χ3v) is 1.32. The molecule has 2 nitrogen and oxygen atoms in total. The first-order chi connectivity index (χ1) is 6.14. The summed E-state index contributed by atoms with van der Waals surface area (Å²) in [6.07, 6.45) is -11.3. The number of nitrogens with zero attached hydrogens (tertiary/aromatic N) is 2. The fourth-order valence-electron chi connectivity index (χ4n) is 0.741. The maximum Gasteiger partial charge on any atom is 0.402 e. The summed E-state index contributed by atoms with van der Waals surface area (Å²) >= 11 is 0. The average molecular weight is 216 g/mol. The van der Waals surface area contributed by atoms with Crippen LogP contribution in [0.15, 0.2) is 0 Å². The van der Waals surface area contributed by atoms with Crippen molar-refractivity contribution in [3.8, 4) is 12.1 Å². The molecule has 8 heteroatoms. The van der Waals surface area contributed by atoms with Gasteiger partial charge in [0.1, 0.15) is 0 Å². The molecule has 0 aliphatic carbocycles. The van der Waals surface area contributed by atoms with E-state index in [1.807, 2.05) is 0 Å². The Kier molecular flexibility index (Phi) is 3.36. The van der Waals surface area contributed by atoms with Crippen LogP contribution >= 0.6 is 0 Å². The quantitative estimate of drug-likeness (QED) is 0.631. The number of hydrogen-bond donors (Lipinski definition) is 0. The van der Waals surface area contributed by atoms with Crippen molar-refractivity contribution in [1.29, 1.82) is 10.5 Å². The molecule has 0 aromatic rings. The summed E-state index contributed by atoms with van der Waals surface area (Å²) in [5.41, 5.74) is 0. The van der Waals surface area contributed by atoms with Gasteiger partial charge in [-0.1, -0.05) is 0 Å². The third kappa shape index (κ3) is 2.80. The lowest BCUT2D eigenvalue weighted by Crippen LogP contribution is -2.41. The topological polar surface area (TPSA) is 47.6 Å². The molecule has 0 fully saturated rings. The van der Waals surface area contributed by atoms with Gasteiger partial charge in [-0.25, -0.2) is 0 Å². The first-order valence-electron chi connectivity index (χ1n) is 3.07. The van der Waals surface area contributed by atoms with Crippen molar-refractivity contribution in [1.82, 2.24) is 0 Å². The Labute approximate surface area is 74.3 Å². The van der Waals surface area contributed by atoms with Crippen molar-refractivity contribution in [2.75, 3.05) is 0 Å². The highest BCUT2D eigenvalue weighted by molar-refractivity contribution is 5.06. The standard InChI is InChI=1S/C6H2F6N2/c7-5(8,9)4(6(10,11)12)3(1-13)2-14/h3-4H. The van der Waals surface area contributed by atoms with Gasteiger partial charge in [-0.05, 0) is 0 Å². The molecule has 0 unspecified atom stereocenters. The van der Waals surface area contributed by atoms with Gasteiger partial charge in [0.2, 0.25) is 0 Å². The van der Waals surface area contributed by atoms with Crippen molar-refractivity contribution >= 4 is 0 Å². The van der Waals surface area contributed by atoms with E-state index in [2.05, 4.69) is 0 Å². The average Bonchev–Trinajstić information content (AvgIpc) is 1.94. The van der Waals surface area contributed by atoms with E-state index < -0.39 is 24.2 Å². The van der Waals surface area contributed by atoms with Gasteiger partial charge in [-0.15, -0.1) is 0 Å². The van der Waals surface area contributed by atoms with Gasteiger partial charge in [0.15, 0.2) is 11.8 Å². The summed E-state index contributed by atoms with van der Waals surface area (Å²) in [5, 5.41) is 15.9. The lowest BCUT2D eigenvalue weighted by atomic mass is 9.94. The van der Waals surface area contributed by atoms with Crippen LogP contribution in [0.2, 0.25) is 0 Å². The number of nitriles is 2. The molecule has 0 aromatic heterocycles. The zero-order valence-corrected chi connectivity index (χ0v) is 6.32. The summed E-state index contributed by atoms with van der Waals surface area (Å²) in [6.45, 7) is 0. The van der Waals surface area contributed by atoms with Crippen LogP contribution in [0.1, 0.15) is 0 Å². The highest BCUT2D eigenvalue weighted by Crippen LogP contribution is 2.43. The molecule has 0 N–H and O–H groups in total. The summed E-state index contributed by atoms with van der Waals surface area (Å²) in [5.74, 6) is -6.68. The summed E-state index contributed by atoms with van der Waals surface area (Å²) < 4.78 is 70.9. The first-order valence-corrected chi connectivity index (χ1v) is 3.07. The monoisotopic (exact) mass is 216 g/mol. The maximum atomic E-state index is 11.8. The summed E-state index contributed by atoms with van der Waals surface area (Å²) in [4.78, 5) is 0. The molecule has 0 aliphatic heterocycles. The smallest absolute Gasteiger partial charge is 0.197 e. The molecule has 0 amide bonds. The first kappa shape index (κ1) is 12.6. The van der Waals surface area contributed by atoms with E-state index in [9.17, 15) is 26.3 Å². The lowest BCUT2D eigenvalue weighted by molar-refractivity contribution is -0.289. The molecule has 0 aromatic carbocycles. The van der Waals surface area contributed by atoms with Crippen LogP contribution in [0.5, 0.6) is 0 Å². The van der Waals surface area contributed by atoms with Crippen LogP contribution in [-0.4, -0.2) is 12.4 Å². The van der Waals surface area contributed by atoms with Gasteiger partial charge >= 0.3 is 12.4 Å². The minimum absolute atomic E-state index is 0.664. The highest BCUT2D eigenvalue weighted by Gasteiger charge is 2.60. The molecule has 0 radical (unpaired) electrons. The lowest BCUT2D eigenvalue weighted by Gasteiger charge is -2.22. The third-order valence-electron chi connectivity index (χ3n) is 1.32. The number of alkyl halides is 6. The second kappa shape index (κ2) is 3.74. The zero-order chi connectivity index (χ0) is 11.6. The highest BCUT2D eigenvalue weighted by atomic mass is 19.4. The van der Waals surface area contributed by atoms with Gasteiger partial charge < -0.3 is 0 Å². The van der Waals surface area contributed by atoms with Crippen molar-refractivity contribution in [3.63, 3.8) is 0 Å². The van der Waals surface area contributed by atoms with Gasteiger partial charge in [0, 0.05) is 0 Å². The van der Waals surface area contributed by atoms with E-state index in [1.54, 1.807) is 0 Å². The largest absolute Gasteiger partial charge is 0.402 e. The van der Waals surface area contributed by atoms with Crippen molar-refractivity contribution < 1.29 is 26.3 Å². The molecule has 14 heavy (non-hydrogen) atoms. The summed E-state index contributed by atoms with van der Waals surface area (Å²) in [6, 6.07) is 1.33. The van der Waals surface area contributed by atoms with Gasteiger partial charge in [-0.2, -0.15) is 36.9 Å². The molecule has 0 aliphatic rings. The molecule has 0 saturated carbocycles. The molecule has 78 valence electrons. The minimum Gasteiger partial charge on any atom is -0.197 e. The van der Waals surface area contributed by atoms with Gasteiger partial charge in [-0.3, -0.25) is 0 Å². The number of hydrogen-bond acceptors (Lipinski definition) is 2. The maximum absolute atomic E-state index is 11.8. The summed E-state index contributed by atoms with van der Waals surface area (Å²) in [7, 11) is 0. The second-order valence-electron chi connectivity index (χ2n) is 2.30. The van der Waals surface area contributed by atoms with Crippen LogP contribution in [-0.2, 0) is 0 Å². The molecule has 0 rings (SSSR count). The Hall–Kier alpha value is -1.44. The Bertz CT molecular complexity index is 249. The Morgan fingerprint density at radius 2 is 1.07 bits per heavy atom. The zero-order valence-electron chi connectivity index (χ0n) is 6.32. The molecular weight excluding hydrogens is 214 g/mol. The van der Waals surface area contributed by atoms with Crippen LogP contribution in [0.4, 0.5) is 26.3 Å². The van der Waals surface area contributed by atoms with E-state index in [4.69, 9.17) is 10.5 Å². The molecule has 0 saturated heterocycles. The Morgan fingerprint density at radius 3 is 1.14 bits per heavy atom. The van der Waals surface area contributed by atoms with E-state index in [-0.39, 0.29) is 0 Å². The molecule has 0 heterocycles. The number of rotatable bonds is 1. The van der Waals surface area contributed by atoms with Crippen LogP contribution in [0, 0.1) is 34.5 Å². The molecule has 0 spiro atoms. The van der Waals surface area contributed by atoms with Crippen LogP contribution in [0.25, 0.3) is 0 Å². The van der Waals surface area contributed by atoms with Crippen molar-refractivity contribution in [3.05, 3.63) is 0 Å². The van der Waals surface area contributed by atoms with Crippen LogP contribution < -0.4 is 0 Å². The molecule has 0 atom stereocenters. The normalized spacial score (nSPS) is 12.7. The fourth-order valence-corrected chi connectivity index (χ4v) is 0.741. The van der Waals surface area contributed by atoms with Crippen molar-refractivity contribution in [2.45, 2.75) is 12.4 Å². The minimum atomic E-state index is -5.64. The van der Waals surface area contributed by atoms with E-state index in [1.165, 1.54) is 0 Å². The SMILES string of the molecule is N#CC(C#N)C(C(F)(F)F)C(F)(F)F. The fraction of sp³-hybridized carbons (Fsp3) is 0.667. The predicted molar refractivity (Wildman–Crippen MR) is 30.3 cm³/mol. The van der Waals surface area contributed by atoms with Gasteiger partial charge in [0.25, 0.3) is 0 Å². The Morgan fingerprint density at radius 1 is 0.786 bits per heavy atom. The molecular formula is C6H2F6N2.